The molecule has 1 unspecified atom stereocenters. The van der Waals surface area contributed by atoms with Gasteiger partial charge in [0.25, 0.3) is 5.91 Å². The number of likely N-dealkylation sites (tertiary alicyclic amines) is 1. The third kappa shape index (κ3) is 3.71. The van der Waals surface area contributed by atoms with E-state index in [1.807, 2.05) is 0 Å². The number of halogens is 1. The van der Waals surface area contributed by atoms with Crippen molar-refractivity contribution in [1.82, 2.24) is 14.9 Å². The average molecular weight is 319 g/mol. The van der Waals surface area contributed by atoms with Gasteiger partial charge >= 0.3 is 11.6 Å². The van der Waals surface area contributed by atoms with Crippen LogP contribution >= 0.6 is 0 Å². The van der Waals surface area contributed by atoms with Crippen LogP contribution in [0.1, 0.15) is 23.2 Å². The van der Waals surface area contributed by atoms with Crippen LogP contribution in [0.3, 0.4) is 0 Å². The summed E-state index contributed by atoms with van der Waals surface area (Å²) in [6.07, 6.45) is 4.44. The summed E-state index contributed by atoms with van der Waals surface area (Å²) in [5.74, 6) is -0.773. The third-order valence-electron chi connectivity index (χ3n) is 3.48. The first-order chi connectivity index (χ1) is 11.1. The molecule has 1 fully saturated rings. The minimum atomic E-state index is -0.539. The summed E-state index contributed by atoms with van der Waals surface area (Å²) < 4.78 is 23.1. The molecule has 1 atom stereocenters. The van der Waals surface area contributed by atoms with Crippen LogP contribution in [0.4, 0.5) is 4.39 Å². The molecule has 1 aliphatic heterocycles. The van der Waals surface area contributed by atoms with Crippen LogP contribution in [0.25, 0.3) is 0 Å². The maximum Gasteiger partial charge on any atom is 0.335 e. The Balaban J connectivity index is 1.65. The van der Waals surface area contributed by atoms with Gasteiger partial charge in [0.1, 0.15) is 12.4 Å². The molecule has 0 radical (unpaired) electrons. The Kier molecular flexibility index (Phi) is 4.31. The van der Waals surface area contributed by atoms with E-state index in [0.717, 1.165) is 31.5 Å². The monoisotopic (exact) mass is 319 g/mol. The van der Waals surface area contributed by atoms with E-state index in [2.05, 4.69) is 9.97 Å². The van der Waals surface area contributed by atoms with E-state index < -0.39 is 11.4 Å². The second kappa shape index (κ2) is 6.55. The molecule has 23 heavy (non-hydrogen) atoms. The SMILES string of the molecule is O=C(c1ccc(=O)oc1)N1CCCC(Oc2ncc(F)cn2)C1. The number of carbonyl (C=O) groups excluding carboxylic acids is 1. The number of aromatic nitrogens is 2. The molecule has 1 amide bonds. The van der Waals surface area contributed by atoms with Crippen LogP contribution in [-0.2, 0) is 0 Å². The number of nitrogens with zero attached hydrogens (tertiary/aromatic N) is 3. The largest absolute Gasteiger partial charge is 0.458 e. The third-order valence-corrected chi connectivity index (χ3v) is 3.48. The lowest BCUT2D eigenvalue weighted by molar-refractivity contribution is 0.0513. The normalized spacial score (nSPS) is 17.8. The molecule has 1 saturated heterocycles. The summed E-state index contributed by atoms with van der Waals surface area (Å²) in [7, 11) is 0. The quantitative estimate of drug-likeness (QED) is 0.846. The van der Waals surface area contributed by atoms with Crippen molar-refractivity contribution in [3.05, 3.63) is 52.6 Å². The number of amides is 1. The zero-order chi connectivity index (χ0) is 16.2. The fourth-order valence-electron chi connectivity index (χ4n) is 2.39. The summed E-state index contributed by atoms with van der Waals surface area (Å²) in [5, 5.41) is 0. The maximum atomic E-state index is 12.8. The summed E-state index contributed by atoms with van der Waals surface area (Å²) in [6, 6.07) is 2.72. The van der Waals surface area contributed by atoms with E-state index in [4.69, 9.17) is 9.15 Å². The van der Waals surface area contributed by atoms with Gasteiger partial charge in [0.05, 0.1) is 24.5 Å². The lowest BCUT2D eigenvalue weighted by Gasteiger charge is -2.32. The van der Waals surface area contributed by atoms with Crippen LogP contribution in [0.2, 0.25) is 0 Å². The fraction of sp³-hybridized carbons (Fsp3) is 0.333. The zero-order valence-electron chi connectivity index (χ0n) is 12.1. The van der Waals surface area contributed by atoms with Gasteiger partial charge in [0.15, 0.2) is 5.82 Å². The van der Waals surface area contributed by atoms with Gasteiger partial charge < -0.3 is 14.1 Å². The van der Waals surface area contributed by atoms with Crippen LogP contribution < -0.4 is 10.4 Å². The minimum Gasteiger partial charge on any atom is -0.458 e. The van der Waals surface area contributed by atoms with Gasteiger partial charge in [-0.25, -0.2) is 19.2 Å². The fourth-order valence-corrected chi connectivity index (χ4v) is 2.39. The zero-order valence-corrected chi connectivity index (χ0v) is 12.1. The summed E-state index contributed by atoms with van der Waals surface area (Å²) in [4.78, 5) is 32.4. The van der Waals surface area contributed by atoms with Crippen LogP contribution in [0.5, 0.6) is 6.01 Å². The van der Waals surface area contributed by atoms with Crippen molar-refractivity contribution < 1.29 is 18.3 Å². The van der Waals surface area contributed by atoms with Crippen molar-refractivity contribution in [1.29, 1.82) is 0 Å². The maximum absolute atomic E-state index is 12.8. The second-order valence-electron chi connectivity index (χ2n) is 5.16. The Labute approximate surface area is 130 Å². The van der Waals surface area contributed by atoms with E-state index in [0.29, 0.717) is 18.7 Å². The highest BCUT2D eigenvalue weighted by Crippen LogP contribution is 2.17. The summed E-state index contributed by atoms with van der Waals surface area (Å²) in [5.41, 5.74) is -0.196. The first-order valence-electron chi connectivity index (χ1n) is 7.14. The van der Waals surface area contributed by atoms with Gasteiger partial charge in [-0.2, -0.15) is 0 Å². The second-order valence-corrected chi connectivity index (χ2v) is 5.16. The Morgan fingerprint density at radius 2 is 2.13 bits per heavy atom. The Bertz CT molecular complexity index is 727. The molecule has 0 aromatic carbocycles. The molecule has 0 N–H and O–H groups in total. The minimum absolute atomic E-state index is 0.0800. The van der Waals surface area contributed by atoms with Gasteiger partial charge in [-0.05, 0) is 18.9 Å². The van der Waals surface area contributed by atoms with Crippen LogP contribution in [0, 0.1) is 5.82 Å². The number of ether oxygens (including phenoxy) is 1. The summed E-state index contributed by atoms with van der Waals surface area (Å²) >= 11 is 0. The predicted molar refractivity (Wildman–Crippen MR) is 76.5 cm³/mol. The number of rotatable bonds is 3. The molecule has 0 bridgehead atoms. The van der Waals surface area contributed by atoms with E-state index in [1.165, 1.54) is 12.1 Å². The molecule has 0 saturated carbocycles. The highest BCUT2D eigenvalue weighted by molar-refractivity contribution is 5.93. The van der Waals surface area contributed by atoms with E-state index in [9.17, 15) is 14.0 Å². The molecular weight excluding hydrogens is 305 g/mol. The number of piperidine rings is 1. The van der Waals surface area contributed by atoms with Crippen molar-refractivity contribution >= 4 is 5.91 Å². The van der Waals surface area contributed by atoms with Gasteiger partial charge in [-0.1, -0.05) is 0 Å². The van der Waals surface area contributed by atoms with Gasteiger partial charge in [0.2, 0.25) is 0 Å². The Hall–Kier alpha value is -2.77. The van der Waals surface area contributed by atoms with Crippen LogP contribution in [0.15, 0.2) is 40.0 Å². The smallest absolute Gasteiger partial charge is 0.335 e. The molecule has 3 heterocycles. The van der Waals surface area contributed by atoms with Crippen molar-refractivity contribution in [2.45, 2.75) is 18.9 Å². The van der Waals surface area contributed by atoms with Crippen molar-refractivity contribution in [3.63, 3.8) is 0 Å². The van der Waals surface area contributed by atoms with Gasteiger partial charge in [-0.15, -0.1) is 0 Å². The standard InChI is InChI=1S/C15H14FN3O4/c16-11-6-17-15(18-7-11)23-12-2-1-5-19(8-12)14(21)10-3-4-13(20)22-9-10/h3-4,6-7,9,12H,1-2,5,8H2. The van der Waals surface area contributed by atoms with Crippen LogP contribution in [-0.4, -0.2) is 40.0 Å². The highest BCUT2D eigenvalue weighted by Gasteiger charge is 2.26. The van der Waals surface area contributed by atoms with Crippen molar-refractivity contribution in [3.8, 4) is 6.01 Å². The molecule has 8 heteroatoms. The molecule has 1 aliphatic rings. The topological polar surface area (TPSA) is 85.5 Å². The molecule has 120 valence electrons. The number of hydrogen-bond donors (Lipinski definition) is 0. The van der Waals surface area contributed by atoms with Crippen molar-refractivity contribution in [2.24, 2.45) is 0 Å². The molecule has 7 nitrogen and oxygen atoms in total. The first kappa shape index (κ1) is 15.1. The predicted octanol–water partition coefficient (Wildman–Crippen LogP) is 1.25. The Morgan fingerprint density at radius 1 is 1.35 bits per heavy atom. The highest BCUT2D eigenvalue weighted by atomic mass is 19.1. The van der Waals surface area contributed by atoms with E-state index in [1.54, 1.807) is 4.90 Å². The number of hydrogen-bond acceptors (Lipinski definition) is 6. The number of carbonyl (C=O) groups is 1. The summed E-state index contributed by atoms with van der Waals surface area (Å²) in [6.45, 7) is 0.945. The van der Waals surface area contributed by atoms with Crippen molar-refractivity contribution in [2.75, 3.05) is 13.1 Å². The average Bonchev–Trinajstić information content (AvgIpc) is 2.57. The molecule has 0 spiro atoms. The molecule has 3 rings (SSSR count). The first-order valence-corrected chi connectivity index (χ1v) is 7.14. The molecule has 2 aromatic heterocycles. The van der Waals surface area contributed by atoms with E-state index >= 15 is 0 Å². The molecular formula is C15H14FN3O4. The lowest BCUT2D eigenvalue weighted by Crippen LogP contribution is -2.44. The Morgan fingerprint density at radius 3 is 2.83 bits per heavy atom. The molecule has 0 aliphatic carbocycles. The van der Waals surface area contributed by atoms with E-state index in [-0.39, 0.29) is 18.0 Å². The lowest BCUT2D eigenvalue weighted by atomic mass is 10.1. The van der Waals surface area contributed by atoms with Gasteiger partial charge in [-0.3, -0.25) is 4.79 Å². The van der Waals surface area contributed by atoms with Gasteiger partial charge in [0, 0.05) is 12.6 Å². The molecule has 2 aromatic rings.